The lowest BCUT2D eigenvalue weighted by Gasteiger charge is -2.38. The van der Waals surface area contributed by atoms with Gasteiger partial charge in [-0.3, -0.25) is 9.88 Å². The van der Waals surface area contributed by atoms with Gasteiger partial charge in [0.1, 0.15) is 31.6 Å². The summed E-state index contributed by atoms with van der Waals surface area (Å²) in [5.41, 5.74) is 6.94. The van der Waals surface area contributed by atoms with Gasteiger partial charge in [-0.1, -0.05) is 79.2 Å². The standard InChI is InChI=1S/C43H59FN4O4Si2/c1-29(2)54(30(3)4,31(5)6)22-16-32-14-11-15-33-24-34(52-28-49-7)25-35(37(32)33)39-38(44)40-36(26-45-39)41(50-21-23-53(8,9)10)47-42(46-40)51-27-43-17-12-19-48(43)20-13-18-43/h11,14-15,24-26,29-31H,12-13,17-21,23,27-28H2,1-10H3. The third-order valence-electron chi connectivity index (χ3n) is 11.8. The first-order valence-corrected chi connectivity index (χ1v) is 25.7. The number of hydrogen-bond donors (Lipinski definition) is 0. The lowest BCUT2D eigenvalue weighted by Crippen LogP contribution is -2.43. The Morgan fingerprint density at radius 3 is 2.28 bits per heavy atom. The molecule has 4 heterocycles. The Morgan fingerprint density at radius 2 is 1.63 bits per heavy atom. The largest absolute Gasteiger partial charge is 0.477 e. The first-order valence-electron chi connectivity index (χ1n) is 19.8. The normalized spacial score (nSPS) is 16.0. The molecule has 0 amide bonds. The molecule has 8 nitrogen and oxygen atoms in total. The minimum absolute atomic E-state index is 0.0146. The molecule has 11 heteroatoms. The fourth-order valence-corrected chi connectivity index (χ4v) is 14.9. The molecule has 54 heavy (non-hydrogen) atoms. The lowest BCUT2D eigenvalue weighted by atomic mass is 9.95. The molecule has 6 rings (SSSR count). The van der Waals surface area contributed by atoms with Crippen LogP contribution in [0.2, 0.25) is 42.3 Å². The highest BCUT2D eigenvalue weighted by Gasteiger charge is 2.45. The highest BCUT2D eigenvalue weighted by atomic mass is 28.3. The molecule has 2 aliphatic rings. The van der Waals surface area contributed by atoms with Crippen LogP contribution < -0.4 is 14.2 Å². The summed E-state index contributed by atoms with van der Waals surface area (Å²) in [5, 5.41) is 2.11. The smallest absolute Gasteiger partial charge is 0.320 e. The van der Waals surface area contributed by atoms with E-state index in [0.29, 0.717) is 52.4 Å². The summed E-state index contributed by atoms with van der Waals surface area (Å²) < 4.78 is 41.3. The van der Waals surface area contributed by atoms with Crippen molar-refractivity contribution in [1.82, 2.24) is 19.9 Å². The molecule has 0 aliphatic carbocycles. The Balaban J connectivity index is 1.52. The van der Waals surface area contributed by atoms with Crippen LogP contribution in [0.1, 0.15) is 72.8 Å². The SMILES string of the molecule is COCOc1cc(-c2ncc3c(OCC[Si](C)(C)C)nc(OCC45CCCN4CCC5)nc3c2F)c2c(C#C[Si](C(C)C)(C(C)C)C(C)C)cccc2c1. The number of benzene rings is 2. The summed E-state index contributed by atoms with van der Waals surface area (Å²) in [4.78, 5) is 16.8. The van der Waals surface area contributed by atoms with E-state index in [-0.39, 0.29) is 29.6 Å². The molecular weight excluding hydrogens is 712 g/mol. The molecule has 2 saturated heterocycles. The summed E-state index contributed by atoms with van der Waals surface area (Å²) in [6, 6.07) is 10.9. The Hall–Kier alpha value is -3.57. The second-order valence-corrected chi connectivity index (χ2v) is 28.6. The van der Waals surface area contributed by atoms with Gasteiger partial charge in [0.2, 0.25) is 5.88 Å². The van der Waals surface area contributed by atoms with E-state index >= 15 is 4.39 Å². The van der Waals surface area contributed by atoms with Gasteiger partial charge in [-0.2, -0.15) is 9.97 Å². The Morgan fingerprint density at radius 1 is 0.926 bits per heavy atom. The third-order valence-corrected chi connectivity index (χ3v) is 19.8. The molecule has 0 atom stereocenters. The fraction of sp³-hybridized carbons (Fsp3) is 0.558. The minimum atomic E-state index is -2.07. The predicted molar refractivity (Wildman–Crippen MR) is 223 cm³/mol. The third kappa shape index (κ3) is 8.04. The number of ether oxygens (including phenoxy) is 4. The van der Waals surface area contributed by atoms with Gasteiger partial charge in [0, 0.05) is 37.9 Å². The highest BCUT2D eigenvalue weighted by molar-refractivity contribution is 6.90. The van der Waals surface area contributed by atoms with E-state index in [0.717, 1.165) is 61.2 Å². The highest BCUT2D eigenvalue weighted by Crippen LogP contribution is 2.43. The van der Waals surface area contributed by atoms with Crippen molar-refractivity contribution in [3.63, 3.8) is 0 Å². The maximum atomic E-state index is 17.4. The first-order chi connectivity index (χ1) is 25.7. The summed E-state index contributed by atoms with van der Waals surface area (Å²) >= 11 is 0. The molecule has 2 aliphatic heterocycles. The van der Waals surface area contributed by atoms with Crippen molar-refractivity contribution in [2.75, 3.05) is 40.2 Å². The zero-order valence-corrected chi connectivity index (χ0v) is 36.1. The molecule has 2 aromatic carbocycles. The van der Waals surface area contributed by atoms with E-state index in [2.05, 4.69) is 77.5 Å². The Bertz CT molecular complexity index is 2010. The van der Waals surface area contributed by atoms with Crippen molar-refractivity contribution in [3.05, 3.63) is 47.9 Å². The topological polar surface area (TPSA) is 78.8 Å². The molecule has 290 valence electrons. The number of aromatic nitrogens is 3. The minimum Gasteiger partial charge on any atom is -0.477 e. The molecule has 2 fully saturated rings. The van der Waals surface area contributed by atoms with Gasteiger partial charge >= 0.3 is 6.01 Å². The monoisotopic (exact) mass is 770 g/mol. The molecule has 4 aromatic rings. The van der Waals surface area contributed by atoms with E-state index in [1.165, 1.54) is 0 Å². The van der Waals surface area contributed by atoms with Crippen LogP contribution in [0.25, 0.3) is 32.9 Å². The summed E-state index contributed by atoms with van der Waals surface area (Å²) in [6.07, 6.45) is 6.10. The maximum Gasteiger partial charge on any atom is 0.320 e. The molecule has 0 radical (unpaired) electrons. The number of hydrogen-bond acceptors (Lipinski definition) is 8. The average Bonchev–Trinajstić information content (AvgIpc) is 3.70. The molecule has 0 N–H and O–H groups in total. The van der Waals surface area contributed by atoms with Crippen molar-refractivity contribution in [2.45, 2.75) is 115 Å². The van der Waals surface area contributed by atoms with E-state index in [9.17, 15) is 0 Å². The average molecular weight is 771 g/mol. The zero-order valence-electron chi connectivity index (χ0n) is 34.1. The van der Waals surface area contributed by atoms with Gasteiger partial charge in [0.05, 0.1) is 17.5 Å². The van der Waals surface area contributed by atoms with Gasteiger partial charge in [-0.15, -0.1) is 5.54 Å². The summed E-state index contributed by atoms with van der Waals surface area (Å²) in [7, 11) is -1.91. The van der Waals surface area contributed by atoms with E-state index in [1.54, 1.807) is 13.3 Å². The Kier molecular flexibility index (Phi) is 12.1. The summed E-state index contributed by atoms with van der Waals surface area (Å²) in [5.74, 6) is 3.91. The van der Waals surface area contributed by atoms with Crippen molar-refractivity contribution >= 4 is 37.8 Å². The number of pyridine rings is 1. The number of nitrogens with zero attached hydrogens (tertiary/aromatic N) is 4. The Labute approximate surface area is 323 Å². The van der Waals surface area contributed by atoms with Crippen molar-refractivity contribution in [1.29, 1.82) is 0 Å². The van der Waals surface area contributed by atoms with E-state index in [1.807, 2.05) is 30.3 Å². The van der Waals surface area contributed by atoms with Gasteiger partial charge in [0.15, 0.2) is 12.6 Å². The van der Waals surface area contributed by atoms with Crippen LogP contribution in [-0.4, -0.2) is 81.7 Å². The molecule has 2 aromatic heterocycles. The number of halogens is 1. The van der Waals surface area contributed by atoms with Gasteiger partial charge in [0.25, 0.3) is 0 Å². The zero-order chi connectivity index (χ0) is 38.8. The van der Waals surface area contributed by atoms with Crippen molar-refractivity contribution < 1.29 is 23.3 Å². The van der Waals surface area contributed by atoms with E-state index < -0.39 is 22.0 Å². The van der Waals surface area contributed by atoms with Crippen LogP contribution in [0.4, 0.5) is 4.39 Å². The maximum absolute atomic E-state index is 17.4. The molecular formula is C43H59FN4O4Si2. The molecule has 0 spiro atoms. The van der Waals surface area contributed by atoms with Crippen LogP contribution in [0.3, 0.4) is 0 Å². The predicted octanol–water partition coefficient (Wildman–Crippen LogP) is 10.3. The van der Waals surface area contributed by atoms with Crippen LogP contribution in [-0.2, 0) is 4.74 Å². The van der Waals surface area contributed by atoms with Gasteiger partial charge in [-0.05, 0) is 85.0 Å². The van der Waals surface area contributed by atoms with Gasteiger partial charge < -0.3 is 18.9 Å². The number of fused-ring (bicyclic) bond motifs is 3. The second-order valence-electron chi connectivity index (χ2n) is 17.4. The van der Waals surface area contributed by atoms with Gasteiger partial charge in [-0.25, -0.2) is 4.39 Å². The number of rotatable bonds is 14. The molecule has 0 saturated carbocycles. The quantitative estimate of drug-likeness (QED) is 0.0713. The molecule has 0 unspecified atom stereocenters. The van der Waals surface area contributed by atoms with Crippen molar-refractivity contribution in [2.24, 2.45) is 0 Å². The van der Waals surface area contributed by atoms with Crippen LogP contribution >= 0.6 is 0 Å². The van der Waals surface area contributed by atoms with Crippen LogP contribution in [0.15, 0.2) is 36.5 Å². The fourth-order valence-electron chi connectivity index (χ4n) is 9.00. The first kappa shape index (κ1) is 40.1. The number of methoxy groups -OCH3 is 1. The lowest BCUT2D eigenvalue weighted by molar-refractivity contribution is 0.0512. The summed E-state index contributed by atoms with van der Waals surface area (Å²) in [6.45, 7) is 23.9. The van der Waals surface area contributed by atoms with Crippen LogP contribution in [0, 0.1) is 17.3 Å². The van der Waals surface area contributed by atoms with Crippen molar-refractivity contribution in [3.8, 4) is 40.4 Å². The van der Waals surface area contributed by atoms with Crippen LogP contribution in [0.5, 0.6) is 17.6 Å². The van der Waals surface area contributed by atoms with E-state index in [4.69, 9.17) is 33.9 Å². The molecule has 0 bridgehead atoms. The second kappa shape index (κ2) is 16.3.